The van der Waals surface area contributed by atoms with Gasteiger partial charge in [0.15, 0.2) is 6.10 Å². The van der Waals surface area contributed by atoms with Crippen molar-refractivity contribution in [3.05, 3.63) is 12.2 Å². The molecule has 0 aliphatic carbocycles. The van der Waals surface area contributed by atoms with Gasteiger partial charge in [-0.25, -0.2) is 4.79 Å². The molecular weight excluding hydrogens is 268 g/mol. The predicted molar refractivity (Wildman–Crippen MR) is 85.0 cm³/mol. The van der Waals surface area contributed by atoms with E-state index in [9.17, 15) is 9.90 Å². The summed E-state index contributed by atoms with van der Waals surface area (Å²) in [7, 11) is 1.29. The third-order valence-corrected chi connectivity index (χ3v) is 3.53. The highest BCUT2D eigenvalue weighted by molar-refractivity contribution is 5.74. The topological polar surface area (TPSA) is 66.8 Å². The summed E-state index contributed by atoms with van der Waals surface area (Å²) in [5, 5.41) is 18.0. The fourth-order valence-electron chi connectivity index (χ4n) is 2.18. The summed E-state index contributed by atoms with van der Waals surface area (Å²) in [6, 6.07) is 0. The van der Waals surface area contributed by atoms with Crippen LogP contribution >= 0.6 is 0 Å². The number of aliphatic hydroxyl groups excluding tert-OH is 2. The molecule has 0 aliphatic heterocycles. The van der Waals surface area contributed by atoms with Crippen LogP contribution in [0.25, 0.3) is 0 Å². The average molecular weight is 300 g/mol. The number of methoxy groups -OCH3 is 1. The van der Waals surface area contributed by atoms with Crippen LogP contribution < -0.4 is 0 Å². The predicted octanol–water partition coefficient (Wildman–Crippen LogP) is 3.36. The lowest BCUT2D eigenvalue weighted by Crippen LogP contribution is -2.21. The van der Waals surface area contributed by atoms with E-state index < -0.39 is 12.1 Å². The first-order valence-electron chi connectivity index (χ1n) is 8.24. The highest BCUT2D eigenvalue weighted by atomic mass is 16.5. The van der Waals surface area contributed by atoms with E-state index in [2.05, 4.69) is 10.8 Å². The molecule has 0 saturated carbocycles. The molecule has 4 nitrogen and oxygen atoms in total. The van der Waals surface area contributed by atoms with Crippen molar-refractivity contribution < 1.29 is 19.7 Å². The molecule has 0 bridgehead atoms. The number of unbranched alkanes of at least 4 members (excludes halogenated alkanes) is 8. The van der Waals surface area contributed by atoms with Crippen LogP contribution in [0.3, 0.4) is 0 Å². The molecule has 0 aliphatic rings. The Morgan fingerprint density at radius 1 is 0.952 bits per heavy atom. The van der Waals surface area contributed by atoms with E-state index in [-0.39, 0.29) is 0 Å². The number of hydrogen-bond donors (Lipinski definition) is 2. The van der Waals surface area contributed by atoms with Gasteiger partial charge in [-0.3, -0.25) is 0 Å². The Labute approximate surface area is 129 Å². The van der Waals surface area contributed by atoms with E-state index in [1.54, 1.807) is 0 Å². The van der Waals surface area contributed by atoms with Crippen LogP contribution in [0.1, 0.15) is 70.6 Å². The molecule has 124 valence electrons. The van der Waals surface area contributed by atoms with Gasteiger partial charge in [-0.05, 0) is 32.1 Å². The molecule has 1 atom stereocenters. The molecule has 0 aromatic rings. The van der Waals surface area contributed by atoms with E-state index in [0.717, 1.165) is 19.3 Å². The monoisotopic (exact) mass is 300 g/mol. The number of carbonyl (C=O) groups excluding carboxylic acids is 1. The maximum absolute atomic E-state index is 11.0. The van der Waals surface area contributed by atoms with Gasteiger partial charge in [0.25, 0.3) is 0 Å². The van der Waals surface area contributed by atoms with Crippen LogP contribution in [0.2, 0.25) is 0 Å². The van der Waals surface area contributed by atoms with Gasteiger partial charge in [-0.15, -0.1) is 0 Å². The number of esters is 1. The van der Waals surface area contributed by atoms with Gasteiger partial charge in [0.2, 0.25) is 0 Å². The number of aliphatic hydroxyl groups is 2. The number of allylic oxidation sites excluding steroid dienone is 2. The molecule has 2 N–H and O–H groups in total. The molecule has 0 fully saturated rings. The first-order chi connectivity index (χ1) is 10.2. The lowest BCUT2D eigenvalue weighted by Gasteiger charge is -2.05. The van der Waals surface area contributed by atoms with Crippen LogP contribution in [0, 0.1) is 0 Å². The largest absolute Gasteiger partial charge is 0.467 e. The summed E-state index contributed by atoms with van der Waals surface area (Å²) in [4.78, 5) is 11.0. The van der Waals surface area contributed by atoms with Crippen LogP contribution in [0.5, 0.6) is 0 Å². The Kier molecular flexibility index (Phi) is 14.9. The second kappa shape index (κ2) is 15.5. The third kappa shape index (κ3) is 13.9. The van der Waals surface area contributed by atoms with E-state index >= 15 is 0 Å². The number of rotatable bonds is 14. The van der Waals surface area contributed by atoms with Gasteiger partial charge in [0.1, 0.15) is 0 Å². The van der Waals surface area contributed by atoms with Crippen molar-refractivity contribution in [3.8, 4) is 0 Å². The second-order valence-electron chi connectivity index (χ2n) is 5.43. The zero-order chi connectivity index (χ0) is 15.8. The maximum atomic E-state index is 11.0. The van der Waals surface area contributed by atoms with E-state index in [1.807, 2.05) is 6.08 Å². The van der Waals surface area contributed by atoms with Crippen molar-refractivity contribution >= 4 is 5.97 Å². The van der Waals surface area contributed by atoms with Crippen LogP contribution in [0.4, 0.5) is 0 Å². The third-order valence-electron chi connectivity index (χ3n) is 3.53. The molecule has 0 aromatic heterocycles. The van der Waals surface area contributed by atoms with Crippen molar-refractivity contribution in [1.29, 1.82) is 0 Å². The minimum absolute atomic E-state index is 0.322. The Morgan fingerprint density at radius 2 is 1.48 bits per heavy atom. The summed E-state index contributed by atoms with van der Waals surface area (Å²) in [5.74, 6) is -0.553. The smallest absolute Gasteiger partial charge is 0.334 e. The Hall–Kier alpha value is -0.870. The van der Waals surface area contributed by atoms with Crippen molar-refractivity contribution in [1.82, 2.24) is 0 Å². The summed E-state index contributed by atoms with van der Waals surface area (Å²) in [6.45, 7) is 0.322. The zero-order valence-electron chi connectivity index (χ0n) is 13.4. The van der Waals surface area contributed by atoms with Gasteiger partial charge in [0, 0.05) is 6.61 Å². The number of ether oxygens (including phenoxy) is 1. The van der Waals surface area contributed by atoms with Crippen molar-refractivity contribution in [3.63, 3.8) is 0 Å². The summed E-state index contributed by atoms with van der Waals surface area (Å²) >= 11 is 0. The summed E-state index contributed by atoms with van der Waals surface area (Å²) < 4.78 is 4.45. The molecule has 0 saturated heterocycles. The van der Waals surface area contributed by atoms with Crippen LogP contribution in [-0.2, 0) is 9.53 Å². The van der Waals surface area contributed by atoms with Gasteiger partial charge in [0.05, 0.1) is 7.11 Å². The van der Waals surface area contributed by atoms with E-state index in [1.165, 1.54) is 45.6 Å². The molecule has 0 aromatic carbocycles. The average Bonchev–Trinajstić information content (AvgIpc) is 2.50. The standard InChI is InChI=1S/C17H32O4/c1-21-17(20)16(19)14-12-10-8-6-4-2-3-5-7-9-11-13-15-18/h8,10,16,18-19H,2-7,9,11-15H2,1H3. The lowest BCUT2D eigenvalue weighted by atomic mass is 10.1. The molecule has 1 unspecified atom stereocenters. The van der Waals surface area contributed by atoms with Crippen molar-refractivity contribution in [2.75, 3.05) is 13.7 Å². The van der Waals surface area contributed by atoms with Crippen molar-refractivity contribution in [2.24, 2.45) is 0 Å². The van der Waals surface area contributed by atoms with Gasteiger partial charge < -0.3 is 14.9 Å². The molecule has 0 amide bonds. The van der Waals surface area contributed by atoms with Crippen molar-refractivity contribution in [2.45, 2.75) is 76.7 Å². The minimum atomic E-state index is -0.995. The lowest BCUT2D eigenvalue weighted by molar-refractivity contribution is -0.150. The first kappa shape index (κ1) is 20.1. The normalized spacial score (nSPS) is 12.7. The highest BCUT2D eigenvalue weighted by Gasteiger charge is 2.13. The van der Waals surface area contributed by atoms with Crippen LogP contribution in [0.15, 0.2) is 12.2 Å². The van der Waals surface area contributed by atoms with Crippen LogP contribution in [-0.4, -0.2) is 36.0 Å². The minimum Gasteiger partial charge on any atom is -0.467 e. The Morgan fingerprint density at radius 3 is 2.05 bits per heavy atom. The molecular formula is C17H32O4. The molecule has 0 spiro atoms. The maximum Gasteiger partial charge on any atom is 0.334 e. The van der Waals surface area contributed by atoms with Gasteiger partial charge in [-0.2, -0.15) is 0 Å². The van der Waals surface area contributed by atoms with Gasteiger partial charge in [-0.1, -0.05) is 50.7 Å². The Balaban J connectivity index is 3.24. The molecule has 0 rings (SSSR count). The molecule has 0 radical (unpaired) electrons. The Bertz CT molecular complexity index is 264. The summed E-state index contributed by atoms with van der Waals surface area (Å²) in [5.41, 5.74) is 0. The molecule has 0 heterocycles. The first-order valence-corrected chi connectivity index (χ1v) is 8.24. The molecule has 21 heavy (non-hydrogen) atoms. The zero-order valence-corrected chi connectivity index (χ0v) is 13.4. The SMILES string of the molecule is COC(=O)C(O)CCC=CCCCCCCCCCCO. The fourth-order valence-corrected chi connectivity index (χ4v) is 2.18. The summed E-state index contributed by atoms with van der Waals surface area (Å²) in [6.07, 6.45) is 15.0. The van der Waals surface area contributed by atoms with E-state index in [4.69, 9.17) is 5.11 Å². The second-order valence-corrected chi connectivity index (χ2v) is 5.43. The number of carbonyl (C=O) groups is 1. The van der Waals surface area contributed by atoms with E-state index in [0.29, 0.717) is 19.4 Å². The quantitative estimate of drug-likeness (QED) is 0.293. The molecule has 4 heteroatoms. The fraction of sp³-hybridized carbons (Fsp3) is 0.824. The van der Waals surface area contributed by atoms with Gasteiger partial charge >= 0.3 is 5.97 Å². The highest BCUT2D eigenvalue weighted by Crippen LogP contribution is 2.10. The number of hydrogen-bond acceptors (Lipinski definition) is 4.